The van der Waals surface area contributed by atoms with Crippen LogP contribution in [-0.2, 0) is 4.79 Å². The molecule has 0 radical (unpaired) electrons. The lowest BCUT2D eigenvalue weighted by molar-refractivity contribution is -0.115. The van der Waals surface area contributed by atoms with Gasteiger partial charge >= 0.3 is 0 Å². The Bertz CT molecular complexity index is 978. The lowest BCUT2D eigenvalue weighted by Gasteiger charge is -2.12. The molecule has 0 bridgehead atoms. The van der Waals surface area contributed by atoms with Crippen molar-refractivity contribution in [2.75, 3.05) is 5.32 Å². The molecule has 26 heavy (non-hydrogen) atoms. The van der Waals surface area contributed by atoms with Crippen LogP contribution in [0.15, 0.2) is 53.7 Å². The molecule has 0 aliphatic rings. The van der Waals surface area contributed by atoms with Crippen LogP contribution in [0, 0.1) is 18.3 Å². The molecule has 7 nitrogen and oxygen atoms in total. The predicted molar refractivity (Wildman–Crippen MR) is 99.0 cm³/mol. The smallest absolute Gasteiger partial charge is 0.237 e. The lowest BCUT2D eigenvalue weighted by Crippen LogP contribution is -2.23. The van der Waals surface area contributed by atoms with Gasteiger partial charge in [-0.1, -0.05) is 30.0 Å². The van der Waals surface area contributed by atoms with Crippen molar-refractivity contribution in [1.29, 1.82) is 5.26 Å². The second-order valence-corrected chi connectivity index (χ2v) is 6.96. The Hall–Kier alpha value is -3.18. The molecule has 0 spiro atoms. The van der Waals surface area contributed by atoms with Gasteiger partial charge in [-0.25, -0.2) is 0 Å². The Morgan fingerprint density at radius 3 is 2.85 bits per heavy atom. The van der Waals surface area contributed by atoms with Gasteiger partial charge in [0.25, 0.3) is 0 Å². The summed E-state index contributed by atoms with van der Waals surface area (Å²) in [5.74, 6) is -0.191. The van der Waals surface area contributed by atoms with Gasteiger partial charge in [0.05, 0.1) is 22.6 Å². The van der Waals surface area contributed by atoms with E-state index < -0.39 is 5.25 Å². The number of aryl methyl sites for hydroxylation is 1. The number of hydrogen-bond donors (Lipinski definition) is 1. The summed E-state index contributed by atoms with van der Waals surface area (Å²) >= 11 is 1.26. The molecular weight excluding hydrogens is 348 g/mol. The van der Waals surface area contributed by atoms with Crippen molar-refractivity contribution in [2.45, 2.75) is 24.3 Å². The van der Waals surface area contributed by atoms with Crippen molar-refractivity contribution in [3.63, 3.8) is 0 Å². The van der Waals surface area contributed by atoms with Crippen molar-refractivity contribution < 1.29 is 4.79 Å². The minimum atomic E-state index is -0.421. The van der Waals surface area contributed by atoms with Gasteiger partial charge < -0.3 is 5.32 Å². The summed E-state index contributed by atoms with van der Waals surface area (Å²) in [5, 5.41) is 23.6. The van der Waals surface area contributed by atoms with E-state index >= 15 is 0 Å². The minimum absolute atomic E-state index is 0.191. The number of nitriles is 1. The zero-order chi connectivity index (χ0) is 18.5. The van der Waals surface area contributed by atoms with Gasteiger partial charge in [0.2, 0.25) is 11.1 Å². The summed E-state index contributed by atoms with van der Waals surface area (Å²) in [7, 11) is 0. The molecule has 0 aliphatic carbocycles. The third-order valence-electron chi connectivity index (χ3n) is 3.60. The number of nitrogens with zero attached hydrogens (tertiary/aromatic N) is 5. The van der Waals surface area contributed by atoms with Gasteiger partial charge in [0, 0.05) is 5.69 Å². The lowest BCUT2D eigenvalue weighted by atomic mass is 10.2. The van der Waals surface area contributed by atoms with Gasteiger partial charge in [-0.05, 0) is 60.2 Å². The average molecular weight is 364 g/mol. The standard InChI is InChI=1S/C18H16N6OS/c1-12-5-3-8-16(9-12)24-18(21-22-23-24)26-13(2)17(25)20-15-7-4-6-14(10-15)11-19/h3-10,13H,1-2H3,(H,20,25). The van der Waals surface area contributed by atoms with E-state index in [1.807, 2.05) is 37.3 Å². The van der Waals surface area contributed by atoms with Crippen LogP contribution in [0.5, 0.6) is 0 Å². The quantitative estimate of drug-likeness (QED) is 0.699. The largest absolute Gasteiger partial charge is 0.325 e. The van der Waals surface area contributed by atoms with Crippen LogP contribution in [0.1, 0.15) is 18.1 Å². The highest BCUT2D eigenvalue weighted by atomic mass is 32.2. The number of carbonyl (C=O) groups is 1. The van der Waals surface area contributed by atoms with Crippen molar-refractivity contribution in [3.8, 4) is 11.8 Å². The van der Waals surface area contributed by atoms with E-state index in [4.69, 9.17) is 5.26 Å². The first-order chi connectivity index (χ1) is 12.6. The van der Waals surface area contributed by atoms with Crippen molar-refractivity contribution in [1.82, 2.24) is 20.2 Å². The van der Waals surface area contributed by atoms with Crippen LogP contribution < -0.4 is 5.32 Å². The molecule has 1 heterocycles. The second-order valence-electron chi connectivity index (χ2n) is 5.65. The number of anilines is 1. The van der Waals surface area contributed by atoms with E-state index in [0.717, 1.165) is 11.3 Å². The van der Waals surface area contributed by atoms with Gasteiger partial charge in [-0.2, -0.15) is 9.94 Å². The Balaban J connectivity index is 1.72. The van der Waals surface area contributed by atoms with E-state index in [1.54, 1.807) is 35.9 Å². The highest BCUT2D eigenvalue weighted by Crippen LogP contribution is 2.24. The molecule has 1 amide bonds. The zero-order valence-electron chi connectivity index (χ0n) is 14.2. The first-order valence-corrected chi connectivity index (χ1v) is 8.78. The zero-order valence-corrected chi connectivity index (χ0v) is 15.1. The maximum Gasteiger partial charge on any atom is 0.237 e. The fourth-order valence-corrected chi connectivity index (χ4v) is 3.10. The molecule has 1 N–H and O–H groups in total. The van der Waals surface area contributed by atoms with Gasteiger partial charge in [0.15, 0.2) is 0 Å². The Kier molecular flexibility index (Phi) is 5.29. The van der Waals surface area contributed by atoms with Crippen LogP contribution >= 0.6 is 11.8 Å². The van der Waals surface area contributed by atoms with E-state index in [-0.39, 0.29) is 5.91 Å². The van der Waals surface area contributed by atoms with Crippen LogP contribution in [0.25, 0.3) is 5.69 Å². The average Bonchev–Trinajstić information content (AvgIpc) is 3.10. The molecule has 2 aromatic carbocycles. The number of rotatable bonds is 5. The highest BCUT2D eigenvalue weighted by molar-refractivity contribution is 8.00. The van der Waals surface area contributed by atoms with Crippen LogP contribution in [0.3, 0.4) is 0 Å². The number of thioether (sulfide) groups is 1. The molecule has 0 saturated carbocycles. The highest BCUT2D eigenvalue weighted by Gasteiger charge is 2.19. The van der Waals surface area contributed by atoms with E-state index in [0.29, 0.717) is 16.4 Å². The van der Waals surface area contributed by atoms with E-state index in [1.165, 1.54) is 11.8 Å². The molecule has 130 valence electrons. The SMILES string of the molecule is Cc1cccc(-n2nnnc2SC(C)C(=O)Nc2cccc(C#N)c2)c1. The fourth-order valence-electron chi connectivity index (χ4n) is 2.30. The van der Waals surface area contributed by atoms with Gasteiger partial charge in [-0.15, -0.1) is 5.10 Å². The summed E-state index contributed by atoms with van der Waals surface area (Å²) in [5.41, 5.74) is 3.01. The number of carbonyl (C=O) groups excluding carboxylic acids is 1. The van der Waals surface area contributed by atoms with Crippen molar-refractivity contribution in [2.24, 2.45) is 0 Å². The van der Waals surface area contributed by atoms with Crippen LogP contribution in [0.4, 0.5) is 5.69 Å². The first kappa shape index (κ1) is 17.6. The van der Waals surface area contributed by atoms with Gasteiger partial charge in [0.1, 0.15) is 0 Å². The van der Waals surface area contributed by atoms with Gasteiger partial charge in [-0.3, -0.25) is 4.79 Å². The maximum absolute atomic E-state index is 12.4. The maximum atomic E-state index is 12.4. The van der Waals surface area contributed by atoms with Crippen molar-refractivity contribution >= 4 is 23.4 Å². The Morgan fingerprint density at radius 1 is 1.27 bits per heavy atom. The molecule has 8 heteroatoms. The summed E-state index contributed by atoms with van der Waals surface area (Å²) in [6.07, 6.45) is 0. The second kappa shape index (κ2) is 7.80. The molecule has 0 aliphatic heterocycles. The Morgan fingerprint density at radius 2 is 2.08 bits per heavy atom. The predicted octanol–water partition coefficient (Wildman–Crippen LogP) is 2.96. The number of tetrazole rings is 1. The number of aromatic nitrogens is 4. The molecule has 0 fully saturated rings. The summed E-state index contributed by atoms with van der Waals surface area (Å²) in [6.45, 7) is 3.77. The summed E-state index contributed by atoms with van der Waals surface area (Å²) in [6, 6.07) is 16.6. The minimum Gasteiger partial charge on any atom is -0.325 e. The Labute approximate surface area is 155 Å². The monoisotopic (exact) mass is 364 g/mol. The van der Waals surface area contributed by atoms with E-state index in [2.05, 4.69) is 20.8 Å². The molecule has 0 saturated heterocycles. The summed E-state index contributed by atoms with van der Waals surface area (Å²) in [4.78, 5) is 12.4. The van der Waals surface area contributed by atoms with Crippen LogP contribution in [0.2, 0.25) is 0 Å². The topological polar surface area (TPSA) is 96.5 Å². The third kappa shape index (κ3) is 4.07. The molecule has 1 atom stereocenters. The molecule has 3 aromatic rings. The van der Waals surface area contributed by atoms with Crippen molar-refractivity contribution in [3.05, 3.63) is 59.7 Å². The molecular formula is C18H16N6OS. The van der Waals surface area contributed by atoms with E-state index in [9.17, 15) is 4.79 Å². The first-order valence-electron chi connectivity index (χ1n) is 7.90. The number of nitrogens with one attached hydrogen (secondary N) is 1. The fraction of sp³-hybridized carbons (Fsp3) is 0.167. The van der Waals surface area contributed by atoms with Crippen LogP contribution in [-0.4, -0.2) is 31.4 Å². The number of benzene rings is 2. The molecule has 1 unspecified atom stereocenters. The number of hydrogen-bond acceptors (Lipinski definition) is 6. The molecule has 3 rings (SSSR count). The number of amides is 1. The normalized spacial score (nSPS) is 11.6. The summed E-state index contributed by atoms with van der Waals surface area (Å²) < 4.78 is 1.61. The molecule has 1 aromatic heterocycles. The third-order valence-corrected chi connectivity index (χ3v) is 4.63.